The van der Waals surface area contributed by atoms with E-state index in [1.165, 1.54) is 17.5 Å². The van der Waals surface area contributed by atoms with E-state index in [0.29, 0.717) is 17.3 Å². The summed E-state index contributed by atoms with van der Waals surface area (Å²) < 4.78 is 6.72. The number of methoxy groups -OCH3 is 1. The van der Waals surface area contributed by atoms with Crippen molar-refractivity contribution in [1.82, 2.24) is 9.78 Å². The monoisotopic (exact) mass is 396 g/mol. The number of ether oxygens (including phenoxy) is 1. The number of amides is 1. The number of hydrogen-bond acceptors (Lipinski definition) is 6. The Morgan fingerprint density at radius 3 is 2.71 bits per heavy atom. The topological polar surface area (TPSA) is 105 Å². The molecule has 1 aliphatic heterocycles. The fourth-order valence-electron chi connectivity index (χ4n) is 2.92. The van der Waals surface area contributed by atoms with E-state index < -0.39 is 17.9 Å². The first-order valence-electron chi connectivity index (χ1n) is 8.35. The van der Waals surface area contributed by atoms with Crippen molar-refractivity contribution in [3.05, 3.63) is 70.2 Å². The third-order valence-corrected chi connectivity index (χ3v) is 5.24. The number of benzene rings is 1. The zero-order valence-electron chi connectivity index (χ0n) is 14.7. The van der Waals surface area contributed by atoms with Crippen molar-refractivity contribution in [2.75, 3.05) is 17.7 Å². The number of aliphatic carboxylic acids is 1. The third kappa shape index (κ3) is 3.23. The van der Waals surface area contributed by atoms with Crippen LogP contribution in [-0.2, 0) is 4.79 Å². The fourth-order valence-corrected chi connectivity index (χ4v) is 3.70. The third-order valence-electron chi connectivity index (χ3n) is 4.29. The van der Waals surface area contributed by atoms with Crippen molar-refractivity contribution < 1.29 is 19.4 Å². The van der Waals surface area contributed by atoms with Gasteiger partial charge in [0, 0.05) is 10.6 Å². The van der Waals surface area contributed by atoms with Gasteiger partial charge in [0.15, 0.2) is 0 Å². The Morgan fingerprint density at radius 1 is 1.29 bits per heavy atom. The summed E-state index contributed by atoms with van der Waals surface area (Å²) in [4.78, 5) is 25.3. The lowest BCUT2D eigenvalue weighted by molar-refractivity contribution is -0.132. The van der Waals surface area contributed by atoms with Crippen molar-refractivity contribution in [3.8, 4) is 5.75 Å². The normalized spacial score (nSPS) is 15.2. The zero-order chi connectivity index (χ0) is 19.7. The standard InChI is InChI=1S/C19H16N4O4S/c1-27-12-6-4-11(5-7-12)21-18(24)13-10-20-23-15(16-3-2-8-28-16)9-14(19(25)26)22-17(13)23/h2-10,15,22H,1H3,(H,21,24)(H,25,26). The lowest BCUT2D eigenvalue weighted by Gasteiger charge is -2.23. The van der Waals surface area contributed by atoms with Crippen LogP contribution in [0.25, 0.3) is 0 Å². The van der Waals surface area contributed by atoms with Crippen LogP contribution in [0.4, 0.5) is 11.5 Å². The lowest BCUT2D eigenvalue weighted by atomic mass is 10.1. The highest BCUT2D eigenvalue weighted by Crippen LogP contribution is 2.34. The number of nitrogens with one attached hydrogen (secondary N) is 2. The number of thiophene rings is 1. The van der Waals surface area contributed by atoms with Gasteiger partial charge in [0.2, 0.25) is 0 Å². The number of aromatic nitrogens is 2. The Labute approximate surface area is 164 Å². The van der Waals surface area contributed by atoms with Crippen LogP contribution in [-0.4, -0.2) is 33.9 Å². The molecule has 0 fully saturated rings. The van der Waals surface area contributed by atoms with E-state index in [2.05, 4.69) is 15.7 Å². The zero-order valence-corrected chi connectivity index (χ0v) is 15.6. The van der Waals surface area contributed by atoms with E-state index in [1.54, 1.807) is 42.1 Å². The minimum absolute atomic E-state index is 0.00453. The maximum Gasteiger partial charge on any atom is 0.352 e. The number of fused-ring (bicyclic) bond motifs is 1. The lowest BCUT2D eigenvalue weighted by Crippen LogP contribution is -2.25. The molecule has 4 rings (SSSR count). The molecule has 3 aromatic rings. The van der Waals surface area contributed by atoms with Crippen LogP contribution in [0, 0.1) is 0 Å². The maximum absolute atomic E-state index is 12.8. The SMILES string of the molecule is COc1ccc(NC(=O)c2cnn3c2NC(C(=O)O)=CC3c2cccs2)cc1. The molecule has 0 saturated heterocycles. The number of carboxylic acids is 1. The minimum atomic E-state index is -1.10. The molecule has 1 unspecified atom stereocenters. The molecule has 1 aliphatic rings. The summed E-state index contributed by atoms with van der Waals surface area (Å²) in [6, 6.07) is 10.3. The van der Waals surface area contributed by atoms with Crippen LogP contribution in [0.5, 0.6) is 5.75 Å². The number of carbonyl (C=O) groups is 2. The molecule has 3 heterocycles. The largest absolute Gasteiger partial charge is 0.497 e. The molecule has 0 bridgehead atoms. The number of rotatable bonds is 5. The van der Waals surface area contributed by atoms with Crippen molar-refractivity contribution in [3.63, 3.8) is 0 Å². The summed E-state index contributed by atoms with van der Waals surface area (Å²) in [6.45, 7) is 0. The van der Waals surface area contributed by atoms with Gasteiger partial charge in [-0.2, -0.15) is 5.10 Å². The van der Waals surface area contributed by atoms with Gasteiger partial charge in [0.05, 0.1) is 13.3 Å². The van der Waals surface area contributed by atoms with Crippen LogP contribution in [0.2, 0.25) is 0 Å². The molecule has 1 amide bonds. The molecule has 1 aromatic carbocycles. The highest BCUT2D eigenvalue weighted by Gasteiger charge is 2.29. The smallest absolute Gasteiger partial charge is 0.352 e. The van der Waals surface area contributed by atoms with Gasteiger partial charge < -0.3 is 20.5 Å². The molecule has 3 N–H and O–H groups in total. The average molecular weight is 396 g/mol. The van der Waals surface area contributed by atoms with Gasteiger partial charge in [-0.1, -0.05) is 6.07 Å². The number of anilines is 2. The second-order valence-electron chi connectivity index (χ2n) is 6.00. The number of hydrogen-bond donors (Lipinski definition) is 3. The van der Waals surface area contributed by atoms with E-state index >= 15 is 0 Å². The van der Waals surface area contributed by atoms with Crippen LogP contribution in [0.1, 0.15) is 21.3 Å². The van der Waals surface area contributed by atoms with E-state index in [1.807, 2.05) is 17.5 Å². The van der Waals surface area contributed by atoms with Gasteiger partial charge in [0.25, 0.3) is 5.91 Å². The second kappa shape index (κ2) is 7.20. The minimum Gasteiger partial charge on any atom is -0.497 e. The molecule has 0 radical (unpaired) electrons. The number of carbonyl (C=O) groups excluding carboxylic acids is 1. The highest BCUT2D eigenvalue weighted by molar-refractivity contribution is 7.10. The predicted octanol–water partition coefficient (Wildman–Crippen LogP) is 3.19. The van der Waals surface area contributed by atoms with Gasteiger partial charge in [-0.15, -0.1) is 11.3 Å². The summed E-state index contributed by atoms with van der Waals surface area (Å²) in [6.07, 6.45) is 3.01. The highest BCUT2D eigenvalue weighted by atomic mass is 32.1. The van der Waals surface area contributed by atoms with Crippen molar-refractivity contribution in [1.29, 1.82) is 0 Å². The molecule has 142 valence electrons. The summed E-state index contributed by atoms with van der Waals surface area (Å²) in [5, 5.41) is 21.3. The summed E-state index contributed by atoms with van der Waals surface area (Å²) >= 11 is 1.49. The van der Waals surface area contributed by atoms with Crippen LogP contribution >= 0.6 is 11.3 Å². The second-order valence-corrected chi connectivity index (χ2v) is 6.98. The summed E-state index contributed by atoms with van der Waals surface area (Å²) in [5.74, 6) is -0.479. The Kier molecular flexibility index (Phi) is 4.58. The van der Waals surface area contributed by atoms with E-state index in [4.69, 9.17) is 4.74 Å². The molecule has 0 saturated carbocycles. The van der Waals surface area contributed by atoms with Gasteiger partial charge >= 0.3 is 5.97 Å². The van der Waals surface area contributed by atoms with E-state index in [9.17, 15) is 14.7 Å². The fraction of sp³-hybridized carbons (Fsp3) is 0.105. The summed E-state index contributed by atoms with van der Waals surface area (Å²) in [5.41, 5.74) is 0.847. The molecule has 2 aromatic heterocycles. The van der Waals surface area contributed by atoms with Crippen LogP contribution in [0.3, 0.4) is 0 Å². The molecule has 1 atom stereocenters. The molecular formula is C19H16N4O4S. The Balaban J connectivity index is 1.66. The number of allylic oxidation sites excluding steroid dienone is 1. The maximum atomic E-state index is 12.8. The van der Waals surface area contributed by atoms with Gasteiger partial charge in [-0.3, -0.25) is 4.79 Å². The predicted molar refractivity (Wildman–Crippen MR) is 105 cm³/mol. The Hall–Kier alpha value is -3.59. The Bertz CT molecular complexity index is 1050. The average Bonchev–Trinajstić information content (AvgIpc) is 3.37. The van der Waals surface area contributed by atoms with Crippen LogP contribution < -0.4 is 15.4 Å². The van der Waals surface area contributed by atoms with Gasteiger partial charge in [-0.05, 0) is 41.8 Å². The first-order chi connectivity index (χ1) is 13.6. The Morgan fingerprint density at radius 2 is 2.07 bits per heavy atom. The number of nitrogens with zero attached hydrogens (tertiary/aromatic N) is 2. The van der Waals surface area contributed by atoms with Crippen molar-refractivity contribution in [2.24, 2.45) is 0 Å². The van der Waals surface area contributed by atoms with Crippen molar-refractivity contribution in [2.45, 2.75) is 6.04 Å². The molecule has 28 heavy (non-hydrogen) atoms. The van der Waals surface area contributed by atoms with E-state index in [-0.39, 0.29) is 11.3 Å². The van der Waals surface area contributed by atoms with Gasteiger partial charge in [0.1, 0.15) is 28.9 Å². The molecule has 0 aliphatic carbocycles. The summed E-state index contributed by atoms with van der Waals surface area (Å²) in [7, 11) is 1.57. The molecule has 9 heteroatoms. The van der Waals surface area contributed by atoms with Crippen LogP contribution in [0.15, 0.2) is 59.7 Å². The first-order valence-corrected chi connectivity index (χ1v) is 9.23. The van der Waals surface area contributed by atoms with E-state index in [0.717, 1.165) is 4.88 Å². The quantitative estimate of drug-likeness (QED) is 0.612. The molecular weight excluding hydrogens is 380 g/mol. The number of carboxylic acid groups (broad SMARTS) is 1. The molecule has 8 nitrogen and oxygen atoms in total. The first kappa shape index (κ1) is 17.8. The van der Waals surface area contributed by atoms with Crippen molar-refractivity contribution >= 4 is 34.7 Å². The van der Waals surface area contributed by atoms with Gasteiger partial charge in [-0.25, -0.2) is 9.48 Å². The molecule has 0 spiro atoms.